The van der Waals surface area contributed by atoms with E-state index < -0.39 is 0 Å². The van der Waals surface area contributed by atoms with Crippen molar-refractivity contribution in [2.24, 2.45) is 0 Å². The normalized spacial score (nSPS) is 21.7. The first-order valence-corrected chi connectivity index (χ1v) is 9.38. The van der Waals surface area contributed by atoms with Gasteiger partial charge in [0.1, 0.15) is 5.82 Å². The lowest BCUT2D eigenvalue weighted by Crippen LogP contribution is -2.46. The molecule has 0 saturated carbocycles. The first kappa shape index (κ1) is 17.3. The summed E-state index contributed by atoms with van der Waals surface area (Å²) in [6, 6.07) is 13.3. The molecular formula is C20H22ClN3O2. The molecule has 0 radical (unpaired) electrons. The maximum atomic E-state index is 12.7. The molecule has 0 aliphatic carbocycles. The Labute approximate surface area is 158 Å². The number of nitrogens with zero attached hydrogens (tertiary/aromatic N) is 2. The van der Waals surface area contributed by atoms with Crippen LogP contribution in [-0.4, -0.2) is 47.1 Å². The van der Waals surface area contributed by atoms with Gasteiger partial charge in [-0.2, -0.15) is 0 Å². The first-order valence-electron chi connectivity index (χ1n) is 9.00. The smallest absolute Gasteiger partial charge is 0.253 e. The zero-order valence-electron chi connectivity index (χ0n) is 14.5. The van der Waals surface area contributed by atoms with Crippen molar-refractivity contribution in [1.82, 2.24) is 9.88 Å². The fraction of sp³-hybridized carbons (Fsp3) is 0.400. The number of likely N-dealkylation sites (tertiary alicyclic amines) is 1. The van der Waals surface area contributed by atoms with Crippen molar-refractivity contribution in [2.75, 3.05) is 25.0 Å². The summed E-state index contributed by atoms with van der Waals surface area (Å²) in [5, 5.41) is 4.04. The van der Waals surface area contributed by atoms with Gasteiger partial charge in [-0.3, -0.25) is 4.79 Å². The van der Waals surface area contributed by atoms with E-state index in [2.05, 4.69) is 10.3 Å². The fourth-order valence-corrected chi connectivity index (χ4v) is 4.05. The third-order valence-electron chi connectivity index (χ3n) is 5.26. The van der Waals surface area contributed by atoms with Crippen molar-refractivity contribution in [2.45, 2.75) is 30.9 Å². The Hall–Kier alpha value is -2.11. The minimum Gasteiger partial charge on any atom is -0.373 e. The molecule has 1 atom stereocenters. The highest BCUT2D eigenvalue weighted by atomic mass is 35.5. The van der Waals surface area contributed by atoms with E-state index in [-0.39, 0.29) is 17.6 Å². The molecular weight excluding hydrogens is 350 g/mol. The van der Waals surface area contributed by atoms with Crippen molar-refractivity contribution in [3.63, 3.8) is 0 Å². The predicted molar refractivity (Wildman–Crippen MR) is 102 cm³/mol. The van der Waals surface area contributed by atoms with Gasteiger partial charge in [0.15, 0.2) is 0 Å². The molecule has 4 rings (SSSR count). The average Bonchev–Trinajstić information content (AvgIpc) is 3.05. The van der Waals surface area contributed by atoms with E-state index in [1.54, 1.807) is 18.3 Å². The van der Waals surface area contributed by atoms with Gasteiger partial charge in [0.2, 0.25) is 0 Å². The van der Waals surface area contributed by atoms with Crippen LogP contribution in [0.3, 0.4) is 0 Å². The Balaban J connectivity index is 1.34. The maximum absolute atomic E-state index is 12.7. The van der Waals surface area contributed by atoms with Crippen LogP contribution in [-0.2, 0) is 4.74 Å². The van der Waals surface area contributed by atoms with Crippen LogP contribution in [0.2, 0.25) is 5.02 Å². The Morgan fingerprint density at radius 1 is 1.23 bits per heavy atom. The lowest BCUT2D eigenvalue weighted by Gasteiger charge is -2.38. The van der Waals surface area contributed by atoms with Crippen molar-refractivity contribution < 1.29 is 9.53 Å². The summed E-state index contributed by atoms with van der Waals surface area (Å²) < 4.78 is 6.17. The fourth-order valence-electron chi connectivity index (χ4n) is 3.86. The second-order valence-electron chi connectivity index (χ2n) is 7.06. The number of carbonyl (C=O) groups is 1. The van der Waals surface area contributed by atoms with E-state index in [0.717, 1.165) is 25.1 Å². The van der Waals surface area contributed by atoms with Crippen molar-refractivity contribution >= 4 is 23.3 Å². The number of ether oxygens (including phenoxy) is 1. The molecule has 2 aliphatic rings. The number of piperidine rings is 1. The van der Waals surface area contributed by atoms with Gasteiger partial charge < -0.3 is 15.0 Å². The summed E-state index contributed by atoms with van der Waals surface area (Å²) in [6.45, 7) is 2.10. The second kappa shape index (κ2) is 7.25. The molecule has 5 nitrogen and oxygen atoms in total. The number of nitrogens with one attached hydrogen (secondary N) is 1. The monoisotopic (exact) mass is 371 g/mol. The number of hydrogen-bond acceptors (Lipinski definition) is 4. The summed E-state index contributed by atoms with van der Waals surface area (Å²) in [6.07, 6.45) is 4.45. The molecule has 1 aromatic carbocycles. The molecule has 2 fully saturated rings. The molecule has 2 saturated heterocycles. The van der Waals surface area contributed by atoms with E-state index in [1.807, 2.05) is 35.2 Å². The zero-order valence-corrected chi connectivity index (χ0v) is 15.3. The molecule has 1 amide bonds. The van der Waals surface area contributed by atoms with Gasteiger partial charge in [-0.1, -0.05) is 23.7 Å². The number of anilines is 1. The van der Waals surface area contributed by atoms with Gasteiger partial charge >= 0.3 is 0 Å². The Morgan fingerprint density at radius 3 is 2.81 bits per heavy atom. The van der Waals surface area contributed by atoms with Gasteiger partial charge in [0.25, 0.3) is 5.91 Å². The van der Waals surface area contributed by atoms with Gasteiger partial charge in [-0.15, -0.1) is 0 Å². The van der Waals surface area contributed by atoms with Gasteiger partial charge in [0.05, 0.1) is 18.2 Å². The van der Waals surface area contributed by atoms with Crippen LogP contribution in [0.25, 0.3) is 0 Å². The molecule has 26 heavy (non-hydrogen) atoms. The highest BCUT2D eigenvalue weighted by Crippen LogP contribution is 2.37. The van der Waals surface area contributed by atoms with Crippen LogP contribution in [0.5, 0.6) is 0 Å². The molecule has 0 bridgehead atoms. The van der Waals surface area contributed by atoms with Gasteiger partial charge in [-0.05, 0) is 49.6 Å². The molecule has 1 N–H and O–H groups in total. The Morgan fingerprint density at radius 2 is 2.08 bits per heavy atom. The molecule has 2 aromatic rings. The minimum atomic E-state index is -0.127. The number of hydrogen-bond donors (Lipinski definition) is 1. The Bertz CT molecular complexity index is 776. The van der Waals surface area contributed by atoms with Crippen molar-refractivity contribution in [3.8, 4) is 0 Å². The summed E-state index contributed by atoms with van der Waals surface area (Å²) in [4.78, 5) is 18.9. The standard InChI is InChI=1S/C20H22ClN3O2/c21-16-5-3-4-15(12-16)19(25)24-10-7-20(8-11-24)13-17(14-26-20)23-18-6-1-2-9-22-18/h1-6,9,12,17H,7-8,10-11,13-14H2,(H,22,23). The van der Waals surface area contributed by atoms with E-state index in [1.165, 1.54) is 0 Å². The summed E-state index contributed by atoms with van der Waals surface area (Å²) in [5.41, 5.74) is 0.521. The summed E-state index contributed by atoms with van der Waals surface area (Å²) in [5.74, 6) is 0.926. The van der Waals surface area contributed by atoms with Gasteiger partial charge in [-0.25, -0.2) is 4.98 Å². The number of pyridine rings is 1. The zero-order chi connectivity index (χ0) is 18.0. The van der Waals surface area contributed by atoms with Crippen LogP contribution < -0.4 is 5.32 Å². The predicted octanol–water partition coefficient (Wildman–Crippen LogP) is 3.61. The van der Waals surface area contributed by atoms with E-state index in [9.17, 15) is 4.79 Å². The lowest BCUT2D eigenvalue weighted by atomic mass is 9.87. The molecule has 6 heteroatoms. The molecule has 1 unspecified atom stereocenters. The number of rotatable bonds is 3. The SMILES string of the molecule is O=C(c1cccc(Cl)c1)N1CCC2(CC1)CC(Nc1ccccn1)CO2. The van der Waals surface area contributed by atoms with Crippen LogP contribution in [0.4, 0.5) is 5.82 Å². The largest absolute Gasteiger partial charge is 0.373 e. The highest BCUT2D eigenvalue weighted by Gasteiger charge is 2.43. The summed E-state index contributed by atoms with van der Waals surface area (Å²) in [7, 11) is 0. The van der Waals surface area contributed by atoms with Crippen LogP contribution in [0.15, 0.2) is 48.7 Å². The highest BCUT2D eigenvalue weighted by molar-refractivity contribution is 6.30. The molecule has 3 heterocycles. The maximum Gasteiger partial charge on any atom is 0.253 e. The van der Waals surface area contributed by atoms with E-state index in [0.29, 0.717) is 30.3 Å². The first-order chi connectivity index (χ1) is 12.6. The van der Waals surface area contributed by atoms with E-state index >= 15 is 0 Å². The number of carbonyl (C=O) groups excluding carboxylic acids is 1. The number of amides is 1. The minimum absolute atomic E-state index is 0.0449. The number of halogens is 1. The van der Waals surface area contributed by atoms with Crippen LogP contribution in [0.1, 0.15) is 29.6 Å². The third-order valence-corrected chi connectivity index (χ3v) is 5.49. The van der Waals surface area contributed by atoms with E-state index in [4.69, 9.17) is 16.3 Å². The molecule has 2 aliphatic heterocycles. The van der Waals surface area contributed by atoms with Crippen molar-refractivity contribution in [3.05, 3.63) is 59.2 Å². The summed E-state index contributed by atoms with van der Waals surface area (Å²) >= 11 is 6.01. The topological polar surface area (TPSA) is 54.5 Å². The Kier molecular flexibility index (Phi) is 4.83. The second-order valence-corrected chi connectivity index (χ2v) is 7.49. The van der Waals surface area contributed by atoms with Crippen molar-refractivity contribution in [1.29, 1.82) is 0 Å². The van der Waals surface area contributed by atoms with Crippen LogP contribution >= 0.6 is 11.6 Å². The van der Waals surface area contributed by atoms with Gasteiger partial charge in [0, 0.05) is 29.9 Å². The number of benzene rings is 1. The lowest BCUT2D eigenvalue weighted by molar-refractivity contribution is -0.0388. The average molecular weight is 372 g/mol. The molecule has 1 spiro atoms. The number of aromatic nitrogens is 1. The quantitative estimate of drug-likeness (QED) is 0.895. The van der Waals surface area contributed by atoms with Crippen LogP contribution in [0, 0.1) is 0 Å². The third kappa shape index (κ3) is 3.69. The molecule has 1 aromatic heterocycles. The molecule has 136 valence electrons.